The molecule has 0 saturated heterocycles. The van der Waals surface area contributed by atoms with Gasteiger partial charge in [-0.25, -0.2) is 0 Å². The minimum atomic E-state index is 0. The molecule has 5 aliphatic rings. The van der Waals surface area contributed by atoms with E-state index in [1.165, 1.54) is 106 Å². The van der Waals surface area contributed by atoms with Crippen LogP contribution in [0.4, 0.5) is 55.5 Å². The second-order valence-corrected chi connectivity index (χ2v) is 20.4. The van der Waals surface area contributed by atoms with Gasteiger partial charge in [0.2, 0.25) is 6.79 Å². The fourth-order valence-electron chi connectivity index (χ4n) is 10.3. The van der Waals surface area contributed by atoms with Crippen LogP contribution in [0.3, 0.4) is 0 Å². The molecule has 76 heavy (non-hydrogen) atoms. The van der Waals surface area contributed by atoms with Gasteiger partial charge >= 0.3 is 0 Å². The Morgan fingerprint density at radius 2 is 0.605 bits per heavy atom. The first-order valence-electron chi connectivity index (χ1n) is 25.1. The second kappa shape index (κ2) is 23.5. The Labute approximate surface area is 457 Å². The molecule has 0 aliphatic carbocycles. The van der Waals surface area contributed by atoms with Gasteiger partial charge in [-0.3, -0.25) is 0 Å². The molecule has 9 heteroatoms. The summed E-state index contributed by atoms with van der Waals surface area (Å²) in [6.07, 6.45) is 6.65. The predicted molar refractivity (Wildman–Crippen MR) is 316 cm³/mol. The molecule has 0 saturated carbocycles. The smallest absolute Gasteiger partial charge is 0.231 e. The lowest BCUT2D eigenvalue weighted by Gasteiger charge is -2.26. The summed E-state index contributed by atoms with van der Waals surface area (Å²) >= 11 is 3.64. The number of hydrogen-bond donors (Lipinski definition) is 5. The van der Waals surface area contributed by atoms with Crippen molar-refractivity contribution in [1.29, 1.82) is 0 Å². The number of aryl methyl sites for hydroxylation is 2. The van der Waals surface area contributed by atoms with Gasteiger partial charge in [-0.2, -0.15) is 0 Å². The summed E-state index contributed by atoms with van der Waals surface area (Å²) in [5, 5.41) is 7.14. The predicted octanol–water partition coefficient (Wildman–Crippen LogP) is 12.7. The third kappa shape index (κ3) is 10.5. The van der Waals surface area contributed by atoms with Gasteiger partial charge in [0, 0.05) is 56.6 Å². The van der Waals surface area contributed by atoms with Crippen LogP contribution >= 0.6 is 22.7 Å². The van der Waals surface area contributed by atoms with E-state index in [4.69, 9.17) is 9.47 Å². The van der Waals surface area contributed by atoms with E-state index in [1.54, 1.807) is 0 Å². The van der Waals surface area contributed by atoms with E-state index in [9.17, 15) is 0 Å². The van der Waals surface area contributed by atoms with Gasteiger partial charge in [0.05, 0.1) is 0 Å². The van der Waals surface area contributed by atoms with E-state index in [-0.39, 0.29) is 14.2 Å². The van der Waals surface area contributed by atoms with Crippen molar-refractivity contribution >= 4 is 90.3 Å². The number of ether oxygens (including phenoxy) is 2. The maximum atomic E-state index is 5.57. The number of benzene rings is 8. The molecular weight excluding hydrogens is 971 g/mol. The Kier molecular flexibility index (Phi) is 16.0. The lowest BCUT2D eigenvalue weighted by Crippen LogP contribution is -2.96. The molecule has 0 amide bonds. The molecule has 2 aromatic heterocycles. The molecule has 380 valence electrons. The van der Waals surface area contributed by atoms with Gasteiger partial charge in [0.15, 0.2) is 32.9 Å². The standard InChI is InChI=1S/C15H13N.C14H13NO2.2C13H11N.C11H11NS2.CH4/c1-16-14-8-4-2-6-12(14)10-11-13-7-3-5-9-15(13)16;1-15-11-6-2-4-8-13(11)16-10-17-14-9-5-3-7-12(14)15;2*1-14-12-8-4-2-6-10(12)11-7-3-5-9-13(11)14;1-12-10-8(4-6-13-10)2-3-9-5-7-14-11(9)12;/h2-11,16H,1H2;2-9,15H,1,10H2;2*2-9,14H,1H2;4-7,12H,1-3H2;1H4. The van der Waals surface area contributed by atoms with Crippen molar-refractivity contribution in [1.82, 2.24) is 0 Å². The third-order valence-electron chi connectivity index (χ3n) is 14.2. The van der Waals surface area contributed by atoms with Crippen LogP contribution in [0.15, 0.2) is 217 Å². The average Bonchev–Trinajstić information content (AvgIpc) is 4.24. The van der Waals surface area contributed by atoms with Crippen molar-refractivity contribution < 1.29 is 34.0 Å². The van der Waals surface area contributed by atoms with Crippen molar-refractivity contribution in [3.05, 3.63) is 275 Å². The van der Waals surface area contributed by atoms with E-state index in [0.29, 0.717) is 0 Å². The number of quaternary nitrogens is 5. The summed E-state index contributed by atoms with van der Waals surface area (Å²) in [5.74, 6) is 1.62. The minimum absolute atomic E-state index is 0. The van der Waals surface area contributed by atoms with Crippen LogP contribution in [0.2, 0.25) is 0 Å². The molecule has 0 radical (unpaired) electrons. The summed E-state index contributed by atoms with van der Waals surface area (Å²) in [4.78, 5) is 5.57. The fraction of sp³-hybridized carbons (Fsp3) is 0.0597. The summed E-state index contributed by atoms with van der Waals surface area (Å²) < 4.78 is 11.1. The molecule has 0 atom stereocenters. The molecule has 0 bridgehead atoms. The number of fused-ring (bicyclic) bond motifs is 12. The van der Waals surface area contributed by atoms with Crippen LogP contribution in [0.25, 0.3) is 34.4 Å². The van der Waals surface area contributed by atoms with E-state index in [1.807, 2.05) is 71.2 Å². The number of thiophene rings is 2. The normalized spacial score (nSPS) is 14.3. The fourth-order valence-corrected chi connectivity index (χ4v) is 12.3. The maximum absolute atomic E-state index is 5.57. The van der Waals surface area contributed by atoms with Crippen molar-refractivity contribution in [3.63, 3.8) is 0 Å². The van der Waals surface area contributed by atoms with Crippen molar-refractivity contribution in [2.24, 2.45) is 0 Å². The van der Waals surface area contributed by atoms with Crippen LogP contribution in [0.5, 0.6) is 11.5 Å². The van der Waals surface area contributed by atoms with Gasteiger partial charge in [0.25, 0.3) is 0 Å². The highest BCUT2D eigenvalue weighted by molar-refractivity contribution is 7.15. The van der Waals surface area contributed by atoms with Gasteiger partial charge in [-0.15, -0.1) is 35.2 Å². The Morgan fingerprint density at radius 3 is 0.987 bits per heavy atom. The van der Waals surface area contributed by atoms with E-state index >= 15 is 0 Å². The van der Waals surface area contributed by atoms with E-state index < -0.39 is 0 Å². The van der Waals surface area contributed by atoms with Crippen LogP contribution in [0.1, 0.15) is 29.7 Å². The zero-order valence-electron chi connectivity index (χ0n) is 41.7. The average molecular weight is 1030 g/mol. The molecule has 5 aliphatic heterocycles. The highest BCUT2D eigenvalue weighted by atomic mass is 32.1. The zero-order chi connectivity index (χ0) is 51.3. The monoisotopic (exact) mass is 1030 g/mol. The highest BCUT2D eigenvalue weighted by Crippen LogP contribution is 2.38. The lowest BCUT2D eigenvalue weighted by molar-refractivity contribution is -0.706. The summed E-state index contributed by atoms with van der Waals surface area (Å²) in [6, 6.07) is 70.7. The molecule has 8 aromatic carbocycles. The SMILES string of the molecule is C.[CH2-][NH+]1c2ccccc2-c2ccccc21.[CH2-][NH+]1c2ccccc2-c2ccccc21.[CH2-][NH+]1c2ccccc2C=Cc2ccccc21.[CH2-][NH+]1c2ccccc2OCOc2ccccc21.[CH2-][NH+]1c2sccc2CCc2ccsc21. The Hall–Kier alpha value is -7.70. The summed E-state index contributed by atoms with van der Waals surface area (Å²) in [7, 11) is 20.9. The summed E-state index contributed by atoms with van der Waals surface area (Å²) in [6.45, 7) is 0.224. The lowest BCUT2D eigenvalue weighted by atomic mass is 10.1. The Bertz CT molecular complexity index is 3310. The largest absolute Gasteiger partial charge is 0.451 e. The summed E-state index contributed by atoms with van der Waals surface area (Å²) in [5.41, 5.74) is 20.3. The number of para-hydroxylation sites is 10. The molecular formula is C67H63N5O2S2. The third-order valence-corrected chi connectivity index (χ3v) is 16.2. The molecule has 0 fully saturated rings. The Balaban J connectivity index is 0.000000108. The first kappa shape index (κ1) is 51.8. The quantitative estimate of drug-likeness (QED) is 0.0983. The van der Waals surface area contributed by atoms with Crippen molar-refractivity contribution in [3.8, 4) is 33.8 Å². The van der Waals surface area contributed by atoms with Crippen LogP contribution < -0.4 is 34.0 Å². The highest BCUT2D eigenvalue weighted by Gasteiger charge is 2.26. The first-order chi connectivity index (χ1) is 36.8. The molecule has 5 N–H and O–H groups in total. The number of hydrogen-bond acceptors (Lipinski definition) is 4. The topological polar surface area (TPSA) is 40.7 Å². The van der Waals surface area contributed by atoms with Gasteiger partial charge < -0.3 is 34.0 Å². The first-order valence-corrected chi connectivity index (χ1v) is 26.9. The molecule has 0 unspecified atom stereocenters. The molecule has 7 heterocycles. The second-order valence-electron chi connectivity index (χ2n) is 18.5. The molecule has 0 spiro atoms. The number of rotatable bonds is 0. The van der Waals surface area contributed by atoms with E-state index in [2.05, 4.69) is 216 Å². The van der Waals surface area contributed by atoms with E-state index in [0.717, 1.165) is 42.5 Å². The van der Waals surface area contributed by atoms with Crippen molar-refractivity contribution in [2.75, 3.05) is 6.79 Å². The van der Waals surface area contributed by atoms with Crippen LogP contribution in [-0.2, 0) is 12.8 Å². The Morgan fingerprint density at radius 1 is 0.316 bits per heavy atom. The van der Waals surface area contributed by atoms with Crippen LogP contribution in [0, 0.1) is 35.2 Å². The zero-order valence-corrected chi connectivity index (χ0v) is 43.4. The van der Waals surface area contributed by atoms with Crippen LogP contribution in [-0.4, -0.2) is 6.79 Å². The molecule has 7 nitrogen and oxygen atoms in total. The van der Waals surface area contributed by atoms with Gasteiger partial charge in [0.1, 0.15) is 34.1 Å². The minimum Gasteiger partial charge on any atom is -0.451 e. The van der Waals surface area contributed by atoms with Crippen molar-refractivity contribution in [2.45, 2.75) is 20.3 Å². The molecule has 10 aromatic rings. The molecule has 15 rings (SSSR count). The maximum Gasteiger partial charge on any atom is 0.231 e. The van der Waals surface area contributed by atoms with Gasteiger partial charge in [-0.05, 0) is 133 Å². The van der Waals surface area contributed by atoms with Gasteiger partial charge in [-0.1, -0.05) is 127 Å². The number of nitrogens with one attached hydrogen (secondary N) is 5.